The maximum absolute atomic E-state index is 13.0. The van der Waals surface area contributed by atoms with E-state index >= 15 is 0 Å². The van der Waals surface area contributed by atoms with Crippen LogP contribution in [0.5, 0.6) is 0 Å². The molecule has 8 nitrogen and oxygen atoms in total. The normalized spacial score (nSPS) is 34.8. The van der Waals surface area contributed by atoms with Gasteiger partial charge >= 0.3 is 0 Å². The lowest BCUT2D eigenvalue weighted by molar-refractivity contribution is -0.131. The van der Waals surface area contributed by atoms with Crippen LogP contribution in [0.4, 0.5) is 0 Å². The number of nitrogens with one attached hydrogen (secondary N) is 3. The van der Waals surface area contributed by atoms with E-state index in [9.17, 15) is 19.2 Å². The number of ether oxygens (including phenoxy) is 1. The van der Waals surface area contributed by atoms with Crippen LogP contribution < -0.4 is 16.0 Å². The average Bonchev–Trinajstić information content (AvgIpc) is 3.41. The van der Waals surface area contributed by atoms with Gasteiger partial charge in [-0.15, -0.1) is 0 Å². The summed E-state index contributed by atoms with van der Waals surface area (Å²) in [6, 6.07) is -1.42. The predicted octanol–water partition coefficient (Wildman–Crippen LogP) is 1.18. The molecular weight excluding hydrogens is 410 g/mol. The molecule has 178 valence electrons. The van der Waals surface area contributed by atoms with Crippen molar-refractivity contribution in [2.75, 3.05) is 13.2 Å². The van der Waals surface area contributed by atoms with Crippen molar-refractivity contribution >= 4 is 24.0 Å². The molecule has 2 aliphatic carbocycles. The molecule has 3 unspecified atom stereocenters. The Bertz CT molecular complexity index is 741. The first-order chi connectivity index (χ1) is 15.4. The van der Waals surface area contributed by atoms with Crippen molar-refractivity contribution in [1.29, 1.82) is 0 Å². The first kappa shape index (κ1) is 23.2. The fourth-order valence-electron chi connectivity index (χ4n) is 6.54. The average molecular weight is 448 g/mol. The van der Waals surface area contributed by atoms with Crippen molar-refractivity contribution in [2.45, 2.75) is 77.0 Å². The minimum absolute atomic E-state index is 0.0713. The Morgan fingerprint density at radius 2 is 2.00 bits per heavy atom. The van der Waals surface area contributed by atoms with Gasteiger partial charge in [0, 0.05) is 18.9 Å². The second-order valence-corrected chi connectivity index (χ2v) is 10.7. The molecule has 2 heterocycles. The van der Waals surface area contributed by atoms with E-state index in [2.05, 4.69) is 16.0 Å². The van der Waals surface area contributed by atoms with Crippen molar-refractivity contribution < 1.29 is 23.9 Å². The lowest BCUT2D eigenvalue weighted by Crippen LogP contribution is -2.51. The highest BCUT2D eigenvalue weighted by atomic mass is 16.5. The summed E-state index contributed by atoms with van der Waals surface area (Å²) in [4.78, 5) is 49.4. The van der Waals surface area contributed by atoms with Gasteiger partial charge in [0.25, 0.3) is 0 Å². The number of amides is 3. The van der Waals surface area contributed by atoms with E-state index in [1.807, 2.05) is 13.8 Å². The molecule has 4 fully saturated rings. The molecule has 32 heavy (non-hydrogen) atoms. The summed E-state index contributed by atoms with van der Waals surface area (Å²) in [5, 5.41) is 8.47. The van der Waals surface area contributed by atoms with E-state index in [1.54, 1.807) is 0 Å². The molecule has 0 aromatic heterocycles. The summed E-state index contributed by atoms with van der Waals surface area (Å²) in [5.41, 5.74) is 0. The number of rotatable bonds is 10. The molecule has 8 heteroatoms. The number of carbonyl (C=O) groups is 4. The van der Waals surface area contributed by atoms with Crippen molar-refractivity contribution in [3.05, 3.63) is 0 Å². The van der Waals surface area contributed by atoms with Crippen LogP contribution in [-0.4, -0.2) is 55.3 Å². The summed E-state index contributed by atoms with van der Waals surface area (Å²) in [7, 11) is 0. The Kier molecular flexibility index (Phi) is 7.17. The number of hydrogen-bond acceptors (Lipinski definition) is 5. The molecular formula is C24H37N3O5. The Hall–Kier alpha value is -1.96. The zero-order chi connectivity index (χ0) is 22.8. The molecule has 2 saturated carbocycles. The standard InChI is InChI=1S/C24H37N3O5/c1-13(2)7-20(24(31)26-16(11-28)8-14-5-6-25-23(14)30)27-22(29)10-18-15-9-19-17(18)3-4-21(19)32-12-15/h11,13-21H,3-10,12H2,1-2H3,(H,25,30)(H,26,31)(H,27,29)/t14?,15?,16-,17+,18+,19?,20-,21+/m0/s1. The summed E-state index contributed by atoms with van der Waals surface area (Å²) in [5.74, 6) is 1.37. The van der Waals surface area contributed by atoms with Gasteiger partial charge in [-0.2, -0.15) is 0 Å². The van der Waals surface area contributed by atoms with Crippen LogP contribution in [0.1, 0.15) is 58.8 Å². The van der Waals surface area contributed by atoms with Gasteiger partial charge in [-0.05, 0) is 68.1 Å². The molecule has 0 aromatic carbocycles. The first-order valence-corrected chi connectivity index (χ1v) is 12.3. The van der Waals surface area contributed by atoms with Crippen LogP contribution in [0.2, 0.25) is 0 Å². The van der Waals surface area contributed by atoms with Gasteiger partial charge in [-0.1, -0.05) is 13.8 Å². The maximum atomic E-state index is 13.0. The van der Waals surface area contributed by atoms with Crippen LogP contribution in [0.25, 0.3) is 0 Å². The second-order valence-electron chi connectivity index (χ2n) is 10.7. The SMILES string of the molecule is CC(C)C[C@H](NC(=O)C[C@@H]1C2CO[C@@H]3CC[C@H]1C3C2)C(=O)N[C@H](C=O)CC1CCNC1=O. The van der Waals surface area contributed by atoms with Crippen LogP contribution in [0.3, 0.4) is 0 Å². The third-order valence-corrected chi connectivity index (χ3v) is 8.04. The van der Waals surface area contributed by atoms with Crippen LogP contribution in [-0.2, 0) is 23.9 Å². The molecule has 2 saturated heterocycles. The van der Waals surface area contributed by atoms with Crippen molar-refractivity contribution in [2.24, 2.45) is 35.5 Å². The Balaban J connectivity index is 1.33. The van der Waals surface area contributed by atoms with Gasteiger partial charge < -0.3 is 25.5 Å². The summed E-state index contributed by atoms with van der Waals surface area (Å²) >= 11 is 0. The number of carbonyl (C=O) groups excluding carboxylic acids is 4. The van der Waals surface area contributed by atoms with Gasteiger partial charge in [-0.3, -0.25) is 14.4 Å². The molecule has 0 spiro atoms. The summed E-state index contributed by atoms with van der Waals surface area (Å²) in [6.45, 7) is 5.36. The topological polar surface area (TPSA) is 114 Å². The quantitative estimate of drug-likeness (QED) is 0.435. The van der Waals surface area contributed by atoms with E-state index in [1.165, 1.54) is 6.42 Å². The summed E-state index contributed by atoms with van der Waals surface area (Å²) in [6.07, 6.45) is 6.36. The Morgan fingerprint density at radius 1 is 1.19 bits per heavy atom. The van der Waals surface area contributed by atoms with E-state index in [-0.39, 0.29) is 36.0 Å². The van der Waals surface area contributed by atoms with E-state index < -0.39 is 12.1 Å². The molecule has 2 aliphatic heterocycles. The number of aldehydes is 1. The first-order valence-electron chi connectivity index (χ1n) is 12.3. The minimum atomic E-state index is -0.732. The molecule has 4 aliphatic rings. The number of hydrogen-bond donors (Lipinski definition) is 3. The van der Waals surface area contributed by atoms with Crippen molar-refractivity contribution in [1.82, 2.24) is 16.0 Å². The van der Waals surface area contributed by atoms with E-state index in [4.69, 9.17) is 4.74 Å². The molecule has 4 rings (SSSR count). The molecule has 3 N–H and O–H groups in total. The van der Waals surface area contributed by atoms with E-state index in [0.717, 1.165) is 19.4 Å². The predicted molar refractivity (Wildman–Crippen MR) is 117 cm³/mol. The maximum Gasteiger partial charge on any atom is 0.243 e. The van der Waals surface area contributed by atoms with Gasteiger partial charge in [0.05, 0.1) is 18.8 Å². The molecule has 8 atom stereocenters. The van der Waals surface area contributed by atoms with Gasteiger partial charge in [0.2, 0.25) is 17.7 Å². The molecule has 3 amide bonds. The lowest BCUT2D eigenvalue weighted by Gasteiger charge is -2.28. The van der Waals surface area contributed by atoms with Gasteiger partial charge in [0.15, 0.2) is 0 Å². The van der Waals surface area contributed by atoms with Crippen LogP contribution in [0, 0.1) is 35.5 Å². The highest BCUT2D eigenvalue weighted by Gasteiger charge is 2.53. The molecule has 2 bridgehead atoms. The zero-order valence-electron chi connectivity index (χ0n) is 19.2. The largest absolute Gasteiger partial charge is 0.378 e. The van der Waals surface area contributed by atoms with Gasteiger partial charge in [0.1, 0.15) is 12.3 Å². The smallest absolute Gasteiger partial charge is 0.243 e. The fraction of sp³-hybridized carbons (Fsp3) is 0.833. The third kappa shape index (κ3) is 5.00. The lowest BCUT2D eigenvalue weighted by atomic mass is 9.85. The Morgan fingerprint density at radius 3 is 2.69 bits per heavy atom. The molecule has 0 radical (unpaired) electrons. The fourth-order valence-corrected chi connectivity index (χ4v) is 6.54. The highest BCUT2D eigenvalue weighted by Crippen LogP contribution is 2.55. The minimum Gasteiger partial charge on any atom is -0.378 e. The van der Waals surface area contributed by atoms with Gasteiger partial charge in [-0.25, -0.2) is 0 Å². The Labute approximate surface area is 190 Å². The number of fused-ring (bicyclic) bond motifs is 1. The summed E-state index contributed by atoms with van der Waals surface area (Å²) < 4.78 is 6.00. The van der Waals surface area contributed by atoms with E-state index in [0.29, 0.717) is 61.9 Å². The zero-order valence-corrected chi connectivity index (χ0v) is 19.2. The van der Waals surface area contributed by atoms with Crippen LogP contribution in [0.15, 0.2) is 0 Å². The second kappa shape index (κ2) is 9.89. The molecule has 0 aromatic rings. The third-order valence-electron chi connectivity index (χ3n) is 8.04. The van der Waals surface area contributed by atoms with Crippen molar-refractivity contribution in [3.63, 3.8) is 0 Å². The van der Waals surface area contributed by atoms with Crippen LogP contribution >= 0.6 is 0 Å². The van der Waals surface area contributed by atoms with Crippen molar-refractivity contribution in [3.8, 4) is 0 Å². The monoisotopic (exact) mass is 447 g/mol. The highest BCUT2D eigenvalue weighted by molar-refractivity contribution is 5.89.